The fourth-order valence-electron chi connectivity index (χ4n) is 2.65. The molecule has 1 aliphatic rings. The molecule has 1 aliphatic carbocycles. The van der Waals surface area contributed by atoms with Crippen molar-refractivity contribution in [1.29, 1.82) is 0 Å². The Kier molecular flexibility index (Phi) is 3.47. The molecule has 2 unspecified atom stereocenters. The van der Waals surface area contributed by atoms with E-state index in [1.807, 2.05) is 19.9 Å². The van der Waals surface area contributed by atoms with E-state index in [-0.39, 0.29) is 21.7 Å². The number of sulfonamides is 1. The van der Waals surface area contributed by atoms with Crippen LogP contribution in [0.2, 0.25) is 0 Å². The summed E-state index contributed by atoms with van der Waals surface area (Å²) in [7, 11) is -3.58. The highest BCUT2D eigenvalue weighted by Gasteiger charge is 2.48. The number of halogens is 1. The van der Waals surface area contributed by atoms with E-state index in [1.54, 1.807) is 30.6 Å². The first-order valence-electron chi connectivity index (χ1n) is 6.81. The minimum absolute atomic E-state index is 0.00178. The molecule has 1 N–H and O–H groups in total. The average molecular weight is 325 g/mol. The molecule has 21 heavy (non-hydrogen) atoms. The van der Waals surface area contributed by atoms with Crippen LogP contribution in [0.1, 0.15) is 20.3 Å². The van der Waals surface area contributed by atoms with Gasteiger partial charge in [0.1, 0.15) is 0 Å². The second-order valence-corrected chi connectivity index (χ2v) is 8.26. The van der Waals surface area contributed by atoms with Crippen molar-refractivity contribution in [1.82, 2.24) is 9.71 Å². The van der Waals surface area contributed by atoms with Crippen LogP contribution in [0.3, 0.4) is 0 Å². The number of hydrogen-bond acceptors (Lipinski definition) is 3. The highest BCUT2D eigenvalue weighted by molar-refractivity contribution is 7.89. The van der Waals surface area contributed by atoms with Gasteiger partial charge in [-0.2, -0.15) is 0 Å². The summed E-state index contributed by atoms with van der Waals surface area (Å²) in [5, 5.41) is 1.49. The summed E-state index contributed by atoms with van der Waals surface area (Å²) in [6.45, 7) is 3.96. The van der Waals surface area contributed by atoms with Gasteiger partial charge in [0.05, 0.1) is 4.90 Å². The maximum Gasteiger partial charge on any atom is 0.241 e. The second-order valence-electron chi connectivity index (χ2n) is 6.05. The number of nitrogens with zero attached hydrogens (tertiary/aromatic N) is 1. The van der Waals surface area contributed by atoms with Crippen molar-refractivity contribution in [2.75, 3.05) is 0 Å². The zero-order chi connectivity index (χ0) is 15.3. The van der Waals surface area contributed by atoms with Crippen LogP contribution in [-0.2, 0) is 10.0 Å². The van der Waals surface area contributed by atoms with E-state index >= 15 is 0 Å². The molecule has 1 saturated carbocycles. The molecule has 1 fully saturated rings. The lowest BCUT2D eigenvalue weighted by Crippen LogP contribution is -2.59. The van der Waals surface area contributed by atoms with Gasteiger partial charge in [-0.15, -0.1) is 11.6 Å². The SMILES string of the molecule is CC1(C)C(Cl)CC1NS(=O)(=O)c1cccc2cnccc12. The van der Waals surface area contributed by atoms with Crippen molar-refractivity contribution in [3.05, 3.63) is 36.7 Å². The summed E-state index contributed by atoms with van der Waals surface area (Å²) in [6.07, 6.45) is 3.92. The zero-order valence-electron chi connectivity index (χ0n) is 11.9. The van der Waals surface area contributed by atoms with E-state index < -0.39 is 10.0 Å². The monoisotopic (exact) mass is 324 g/mol. The quantitative estimate of drug-likeness (QED) is 0.883. The van der Waals surface area contributed by atoms with Crippen molar-refractivity contribution >= 4 is 32.4 Å². The van der Waals surface area contributed by atoms with Gasteiger partial charge in [0.2, 0.25) is 10.0 Å². The number of nitrogens with one attached hydrogen (secondary N) is 1. The molecule has 3 rings (SSSR count). The van der Waals surface area contributed by atoms with Crippen LogP contribution in [0, 0.1) is 5.41 Å². The first kappa shape index (κ1) is 14.8. The lowest BCUT2D eigenvalue weighted by Gasteiger charge is -2.49. The number of alkyl halides is 1. The average Bonchev–Trinajstić information content (AvgIpc) is 2.46. The molecular formula is C15H17ClN2O2S. The predicted octanol–water partition coefficient (Wildman–Crippen LogP) is 2.92. The van der Waals surface area contributed by atoms with Gasteiger partial charge in [0.25, 0.3) is 0 Å². The van der Waals surface area contributed by atoms with E-state index in [2.05, 4.69) is 9.71 Å². The Morgan fingerprint density at radius 3 is 2.76 bits per heavy atom. The Bertz CT molecular complexity index is 784. The van der Waals surface area contributed by atoms with Crippen LogP contribution >= 0.6 is 11.6 Å². The van der Waals surface area contributed by atoms with E-state index in [9.17, 15) is 8.42 Å². The molecule has 2 aromatic rings. The number of hydrogen-bond donors (Lipinski definition) is 1. The number of pyridine rings is 1. The largest absolute Gasteiger partial charge is 0.264 e. The molecule has 0 saturated heterocycles. The Morgan fingerprint density at radius 2 is 2.10 bits per heavy atom. The number of benzene rings is 1. The van der Waals surface area contributed by atoms with Gasteiger partial charge in [0, 0.05) is 34.6 Å². The molecule has 0 radical (unpaired) electrons. The fourth-order valence-corrected chi connectivity index (χ4v) is 4.62. The summed E-state index contributed by atoms with van der Waals surface area (Å²) < 4.78 is 28.1. The standard InChI is InChI=1S/C15H17ClN2O2S/c1-15(2)13(16)8-14(15)18-21(19,20)12-5-3-4-10-9-17-7-6-11(10)12/h3-7,9,13-14,18H,8H2,1-2H3. The van der Waals surface area contributed by atoms with Crippen molar-refractivity contribution < 1.29 is 8.42 Å². The fraction of sp³-hybridized carbons (Fsp3) is 0.400. The third-order valence-corrected chi connectivity index (χ3v) is 6.65. The Hall–Kier alpha value is -1.17. The molecule has 2 atom stereocenters. The van der Waals surface area contributed by atoms with Crippen LogP contribution in [0.25, 0.3) is 10.8 Å². The van der Waals surface area contributed by atoms with Crippen molar-refractivity contribution in [2.45, 2.75) is 36.6 Å². The van der Waals surface area contributed by atoms with Gasteiger partial charge < -0.3 is 0 Å². The summed E-state index contributed by atoms with van der Waals surface area (Å²) in [5.41, 5.74) is -0.235. The van der Waals surface area contributed by atoms with Gasteiger partial charge in [-0.05, 0) is 24.0 Å². The Morgan fingerprint density at radius 1 is 1.33 bits per heavy atom. The molecule has 1 aromatic carbocycles. The summed E-state index contributed by atoms with van der Waals surface area (Å²) in [5.74, 6) is 0. The van der Waals surface area contributed by atoms with Gasteiger partial charge in [0.15, 0.2) is 0 Å². The van der Waals surface area contributed by atoms with Gasteiger partial charge in [-0.3, -0.25) is 4.98 Å². The molecule has 0 spiro atoms. The normalized spacial score (nSPS) is 24.7. The summed E-state index contributed by atoms with van der Waals surface area (Å²) in [4.78, 5) is 4.31. The molecule has 0 aliphatic heterocycles. The number of aromatic nitrogens is 1. The molecule has 1 aromatic heterocycles. The predicted molar refractivity (Wildman–Crippen MR) is 83.9 cm³/mol. The third kappa shape index (κ3) is 2.43. The number of fused-ring (bicyclic) bond motifs is 1. The summed E-state index contributed by atoms with van der Waals surface area (Å²) >= 11 is 6.16. The maximum absolute atomic E-state index is 12.7. The van der Waals surface area contributed by atoms with E-state index in [4.69, 9.17) is 11.6 Å². The lowest BCUT2D eigenvalue weighted by atomic mass is 9.67. The van der Waals surface area contributed by atoms with E-state index in [1.165, 1.54) is 0 Å². The molecule has 112 valence electrons. The van der Waals surface area contributed by atoms with Crippen molar-refractivity contribution in [3.63, 3.8) is 0 Å². The minimum atomic E-state index is -3.58. The Balaban J connectivity index is 1.98. The topological polar surface area (TPSA) is 59.1 Å². The molecular weight excluding hydrogens is 308 g/mol. The third-order valence-electron chi connectivity index (χ3n) is 4.38. The first-order valence-corrected chi connectivity index (χ1v) is 8.73. The van der Waals surface area contributed by atoms with Gasteiger partial charge in [-0.1, -0.05) is 26.0 Å². The molecule has 0 bridgehead atoms. The van der Waals surface area contributed by atoms with Crippen LogP contribution in [0.4, 0.5) is 0 Å². The minimum Gasteiger partial charge on any atom is -0.264 e. The maximum atomic E-state index is 12.7. The van der Waals surface area contributed by atoms with Crippen LogP contribution in [-0.4, -0.2) is 24.8 Å². The Labute approximate surface area is 129 Å². The molecule has 6 heteroatoms. The lowest BCUT2D eigenvalue weighted by molar-refractivity contribution is 0.137. The van der Waals surface area contributed by atoms with Crippen LogP contribution < -0.4 is 4.72 Å². The summed E-state index contributed by atoms with van der Waals surface area (Å²) in [6, 6.07) is 6.79. The van der Waals surface area contributed by atoms with Crippen molar-refractivity contribution in [2.24, 2.45) is 5.41 Å². The van der Waals surface area contributed by atoms with Crippen LogP contribution in [0.5, 0.6) is 0 Å². The second kappa shape index (κ2) is 4.93. The van der Waals surface area contributed by atoms with Crippen LogP contribution in [0.15, 0.2) is 41.6 Å². The molecule has 4 nitrogen and oxygen atoms in total. The van der Waals surface area contributed by atoms with Crippen molar-refractivity contribution in [3.8, 4) is 0 Å². The van der Waals surface area contributed by atoms with Gasteiger partial charge in [-0.25, -0.2) is 13.1 Å². The first-order chi connectivity index (χ1) is 9.82. The smallest absolute Gasteiger partial charge is 0.241 e. The highest BCUT2D eigenvalue weighted by Crippen LogP contribution is 2.45. The zero-order valence-corrected chi connectivity index (χ0v) is 13.4. The molecule has 1 heterocycles. The van der Waals surface area contributed by atoms with E-state index in [0.717, 1.165) is 5.39 Å². The van der Waals surface area contributed by atoms with E-state index in [0.29, 0.717) is 11.8 Å². The number of rotatable bonds is 3. The molecule has 0 amide bonds. The highest BCUT2D eigenvalue weighted by atomic mass is 35.5. The van der Waals surface area contributed by atoms with Gasteiger partial charge >= 0.3 is 0 Å².